The molecule has 0 aliphatic rings. The first-order valence-electron chi connectivity index (χ1n) is 7.88. The molecule has 0 unspecified atom stereocenters. The maximum atomic E-state index is 12.5. The van der Waals surface area contributed by atoms with Crippen molar-refractivity contribution in [3.63, 3.8) is 0 Å². The Morgan fingerprint density at radius 3 is 2.48 bits per heavy atom. The van der Waals surface area contributed by atoms with E-state index in [2.05, 4.69) is 10.2 Å². The third kappa shape index (κ3) is 5.14. The number of halogens is 1. The van der Waals surface area contributed by atoms with Gasteiger partial charge in [-0.2, -0.15) is 0 Å². The van der Waals surface area contributed by atoms with Crippen LogP contribution in [0.4, 0.5) is 0 Å². The monoisotopic (exact) mass is 378 g/mol. The molecule has 0 aliphatic heterocycles. The molecule has 0 saturated heterocycles. The van der Waals surface area contributed by atoms with E-state index < -0.39 is 0 Å². The lowest BCUT2D eigenvalue weighted by molar-refractivity contribution is 0.0942. The van der Waals surface area contributed by atoms with E-state index in [9.17, 15) is 4.79 Å². The van der Waals surface area contributed by atoms with Crippen LogP contribution in [0.2, 0.25) is 5.02 Å². The maximum Gasteiger partial charge on any atom is 0.252 e. The molecular weight excluding hydrogens is 356 g/mol. The van der Waals surface area contributed by atoms with Gasteiger partial charge in [-0.3, -0.25) is 4.79 Å². The maximum absolute atomic E-state index is 12.5. The van der Waals surface area contributed by atoms with Crippen LogP contribution in [0.3, 0.4) is 0 Å². The molecule has 0 saturated carbocycles. The molecule has 2 rings (SSSR count). The molecule has 0 radical (unpaired) electrons. The number of nitrogens with zero attached hydrogens (tertiary/aromatic N) is 1. The van der Waals surface area contributed by atoms with Crippen LogP contribution in [0.5, 0.6) is 5.75 Å². The zero-order chi connectivity index (χ0) is 18.4. The molecule has 0 aliphatic carbocycles. The molecule has 2 aromatic carbocycles. The van der Waals surface area contributed by atoms with E-state index in [1.807, 2.05) is 56.7 Å². The van der Waals surface area contributed by atoms with Gasteiger partial charge in [0.1, 0.15) is 5.75 Å². The van der Waals surface area contributed by atoms with Gasteiger partial charge < -0.3 is 15.0 Å². The number of benzene rings is 2. The summed E-state index contributed by atoms with van der Waals surface area (Å²) in [6.07, 6.45) is 1.97. The number of amides is 1. The van der Waals surface area contributed by atoms with Gasteiger partial charge in [0.05, 0.1) is 23.7 Å². The topological polar surface area (TPSA) is 41.6 Å². The summed E-state index contributed by atoms with van der Waals surface area (Å²) in [5.41, 5.74) is 1.61. The predicted octanol–water partition coefficient (Wildman–Crippen LogP) is 4.10. The number of thioether (sulfide) groups is 1. The molecule has 0 spiro atoms. The van der Waals surface area contributed by atoms with Crippen molar-refractivity contribution < 1.29 is 9.53 Å². The van der Waals surface area contributed by atoms with Gasteiger partial charge in [-0.05, 0) is 56.2 Å². The van der Waals surface area contributed by atoms with E-state index in [0.717, 1.165) is 16.2 Å². The van der Waals surface area contributed by atoms with E-state index in [1.54, 1.807) is 24.9 Å². The Labute approximate surface area is 158 Å². The molecule has 4 nitrogen and oxygen atoms in total. The second kappa shape index (κ2) is 9.13. The zero-order valence-corrected chi connectivity index (χ0v) is 16.4. The second-order valence-corrected chi connectivity index (χ2v) is 7.10. The average molecular weight is 379 g/mol. The van der Waals surface area contributed by atoms with Crippen molar-refractivity contribution >= 4 is 29.3 Å². The lowest BCUT2D eigenvalue weighted by Crippen LogP contribution is -2.34. The molecule has 0 fully saturated rings. The molecule has 0 aromatic heterocycles. The highest BCUT2D eigenvalue weighted by Crippen LogP contribution is 2.24. The molecule has 1 amide bonds. The van der Waals surface area contributed by atoms with Crippen LogP contribution < -0.4 is 10.1 Å². The lowest BCUT2D eigenvalue weighted by Gasteiger charge is -2.25. The molecule has 1 N–H and O–H groups in total. The zero-order valence-electron chi connectivity index (χ0n) is 14.9. The minimum atomic E-state index is -0.165. The molecule has 1 atom stereocenters. The van der Waals surface area contributed by atoms with E-state index in [0.29, 0.717) is 17.1 Å². The number of hydrogen-bond acceptors (Lipinski definition) is 4. The van der Waals surface area contributed by atoms with E-state index in [1.165, 1.54) is 0 Å². The Bertz CT molecular complexity index is 720. The number of carbonyl (C=O) groups excluding carboxylic acids is 1. The summed E-state index contributed by atoms with van der Waals surface area (Å²) in [5, 5.41) is 3.45. The first-order chi connectivity index (χ1) is 12.0. The Balaban J connectivity index is 2.11. The normalized spacial score (nSPS) is 12.1. The Morgan fingerprint density at radius 1 is 1.24 bits per heavy atom. The number of ether oxygens (including phenoxy) is 1. The summed E-state index contributed by atoms with van der Waals surface area (Å²) in [6, 6.07) is 13.4. The van der Waals surface area contributed by atoms with Gasteiger partial charge >= 0.3 is 0 Å². The van der Waals surface area contributed by atoms with E-state index >= 15 is 0 Å². The Morgan fingerprint density at radius 2 is 1.92 bits per heavy atom. The fourth-order valence-corrected chi connectivity index (χ4v) is 3.16. The first-order valence-corrected chi connectivity index (χ1v) is 9.48. The SMILES string of the molecule is COc1ccc([C@H](CNC(=O)c2cc(SC)ccc2Cl)N(C)C)cc1. The van der Waals surface area contributed by atoms with E-state index in [-0.39, 0.29) is 11.9 Å². The molecular formula is C19H23ClN2O2S. The number of likely N-dealkylation sites (N-methyl/N-ethyl adjacent to an activating group) is 1. The van der Waals surface area contributed by atoms with Crippen LogP contribution in [-0.4, -0.2) is 44.8 Å². The van der Waals surface area contributed by atoms with Crippen molar-refractivity contribution in [2.75, 3.05) is 34.0 Å². The van der Waals surface area contributed by atoms with Gasteiger partial charge in [0.2, 0.25) is 0 Å². The number of rotatable bonds is 7. The van der Waals surface area contributed by atoms with Gasteiger partial charge in [0.15, 0.2) is 0 Å². The van der Waals surface area contributed by atoms with Crippen LogP contribution in [0.1, 0.15) is 22.0 Å². The summed E-state index contributed by atoms with van der Waals surface area (Å²) in [5.74, 6) is 0.646. The molecule has 0 bridgehead atoms. The van der Waals surface area contributed by atoms with Gasteiger partial charge in [-0.1, -0.05) is 23.7 Å². The number of hydrogen-bond donors (Lipinski definition) is 1. The van der Waals surface area contributed by atoms with Crippen molar-refractivity contribution in [2.45, 2.75) is 10.9 Å². The molecule has 134 valence electrons. The van der Waals surface area contributed by atoms with E-state index in [4.69, 9.17) is 16.3 Å². The minimum Gasteiger partial charge on any atom is -0.497 e. The minimum absolute atomic E-state index is 0.0531. The van der Waals surface area contributed by atoms with Crippen LogP contribution in [0.25, 0.3) is 0 Å². The highest BCUT2D eigenvalue weighted by Gasteiger charge is 2.17. The molecule has 25 heavy (non-hydrogen) atoms. The fourth-order valence-electron chi connectivity index (χ4n) is 2.51. The van der Waals surface area contributed by atoms with Gasteiger partial charge in [-0.25, -0.2) is 0 Å². The predicted molar refractivity (Wildman–Crippen MR) is 105 cm³/mol. The second-order valence-electron chi connectivity index (χ2n) is 5.81. The van der Waals surface area contributed by atoms with Crippen LogP contribution >= 0.6 is 23.4 Å². The van der Waals surface area contributed by atoms with Crippen molar-refractivity contribution in [1.29, 1.82) is 0 Å². The lowest BCUT2D eigenvalue weighted by atomic mass is 10.1. The third-order valence-corrected chi connectivity index (χ3v) is 5.05. The summed E-state index contributed by atoms with van der Waals surface area (Å²) in [4.78, 5) is 15.6. The largest absolute Gasteiger partial charge is 0.497 e. The molecule has 6 heteroatoms. The van der Waals surface area contributed by atoms with Crippen molar-refractivity contribution in [1.82, 2.24) is 10.2 Å². The average Bonchev–Trinajstić information content (AvgIpc) is 2.62. The van der Waals surface area contributed by atoms with Gasteiger partial charge in [0.25, 0.3) is 5.91 Å². The van der Waals surface area contributed by atoms with Crippen LogP contribution in [0.15, 0.2) is 47.4 Å². The number of nitrogens with one attached hydrogen (secondary N) is 1. The summed E-state index contributed by atoms with van der Waals surface area (Å²) >= 11 is 7.76. The quantitative estimate of drug-likeness (QED) is 0.736. The van der Waals surface area contributed by atoms with Gasteiger partial charge in [-0.15, -0.1) is 11.8 Å². The fraction of sp³-hybridized carbons (Fsp3) is 0.316. The van der Waals surface area contributed by atoms with Crippen LogP contribution in [-0.2, 0) is 0 Å². The van der Waals surface area contributed by atoms with Gasteiger partial charge in [0, 0.05) is 11.4 Å². The molecule has 0 heterocycles. The van der Waals surface area contributed by atoms with Crippen LogP contribution in [0, 0.1) is 0 Å². The summed E-state index contributed by atoms with van der Waals surface area (Å²) in [6.45, 7) is 0.484. The van der Waals surface area contributed by atoms with Crippen molar-refractivity contribution in [3.05, 3.63) is 58.6 Å². The smallest absolute Gasteiger partial charge is 0.252 e. The van der Waals surface area contributed by atoms with Crippen molar-refractivity contribution in [3.8, 4) is 5.75 Å². The Kier molecular flexibility index (Phi) is 7.17. The standard InChI is InChI=1S/C19H23ClN2O2S/c1-22(2)18(13-5-7-14(24-3)8-6-13)12-21-19(23)16-11-15(25-4)9-10-17(16)20/h5-11,18H,12H2,1-4H3,(H,21,23)/t18-/m0/s1. The summed E-state index contributed by atoms with van der Waals surface area (Å²) in [7, 11) is 5.62. The van der Waals surface area contributed by atoms with Crippen molar-refractivity contribution in [2.24, 2.45) is 0 Å². The number of methoxy groups -OCH3 is 1. The highest BCUT2D eigenvalue weighted by atomic mass is 35.5. The Hall–Kier alpha value is -1.69. The number of carbonyl (C=O) groups is 1. The molecule has 2 aromatic rings. The summed E-state index contributed by atoms with van der Waals surface area (Å²) < 4.78 is 5.20. The first kappa shape index (κ1) is 19.6. The third-order valence-electron chi connectivity index (χ3n) is 4.00. The highest BCUT2D eigenvalue weighted by molar-refractivity contribution is 7.98.